The number of carbonyl (C=O) groups is 2. The first-order chi connectivity index (χ1) is 15.9. The van der Waals surface area contributed by atoms with E-state index in [1.807, 2.05) is 49.6 Å². The molecule has 33 heavy (non-hydrogen) atoms. The zero-order chi connectivity index (χ0) is 23.1. The Labute approximate surface area is 204 Å². The number of rotatable bonds is 3. The van der Waals surface area contributed by atoms with Crippen molar-refractivity contribution in [3.8, 4) is 11.3 Å². The third-order valence-electron chi connectivity index (χ3n) is 5.59. The van der Waals surface area contributed by atoms with Gasteiger partial charge in [-0.05, 0) is 55.1 Å². The second-order valence-electron chi connectivity index (χ2n) is 7.81. The fourth-order valence-corrected chi connectivity index (χ4v) is 6.03. The van der Waals surface area contributed by atoms with Gasteiger partial charge in [0.25, 0.3) is 11.8 Å². The number of nitrogens with one attached hydrogen (secondary N) is 1. The Bertz CT molecular complexity index is 1390. The van der Waals surface area contributed by atoms with Crippen LogP contribution >= 0.6 is 34.3 Å². The Hall–Kier alpha value is -3.00. The number of nitrogens with zero attached hydrogens (tertiary/aromatic N) is 2. The van der Waals surface area contributed by atoms with Crippen molar-refractivity contribution in [1.29, 1.82) is 0 Å². The van der Waals surface area contributed by atoms with Gasteiger partial charge in [-0.15, -0.1) is 22.7 Å². The van der Waals surface area contributed by atoms with Crippen molar-refractivity contribution in [1.82, 2.24) is 4.98 Å². The molecule has 3 heterocycles. The first-order valence-corrected chi connectivity index (χ1v) is 12.5. The standard InChI is InChI=1S/C25H20ClN3O2S2/c1-14-10-12-32-23(14)24(30)28-16-7-8-17(19(26)13-16)25(31)29-11-9-21-22(27-15(2)33-21)18-5-3-4-6-20(18)29/h3-8,10,12-13H,9,11H2,1-2H3,(H,28,30). The summed E-state index contributed by atoms with van der Waals surface area (Å²) >= 11 is 9.60. The number of para-hydroxylation sites is 1. The van der Waals surface area contributed by atoms with E-state index >= 15 is 0 Å². The number of amides is 2. The van der Waals surface area contributed by atoms with Gasteiger partial charge in [0.1, 0.15) is 0 Å². The predicted octanol–water partition coefficient (Wildman–Crippen LogP) is 6.60. The highest BCUT2D eigenvalue weighted by atomic mass is 35.5. The Morgan fingerprint density at radius 3 is 2.70 bits per heavy atom. The van der Waals surface area contributed by atoms with Gasteiger partial charge < -0.3 is 10.2 Å². The first-order valence-electron chi connectivity index (χ1n) is 10.4. The van der Waals surface area contributed by atoms with Crippen molar-refractivity contribution in [3.05, 3.63) is 84.8 Å². The normalized spacial score (nSPS) is 12.6. The van der Waals surface area contributed by atoms with Crippen LogP contribution in [-0.2, 0) is 6.42 Å². The molecule has 0 radical (unpaired) electrons. The lowest BCUT2D eigenvalue weighted by molar-refractivity contribution is 0.0986. The number of hydrogen-bond donors (Lipinski definition) is 1. The lowest BCUT2D eigenvalue weighted by Gasteiger charge is -2.23. The minimum atomic E-state index is -0.187. The Balaban J connectivity index is 1.44. The minimum Gasteiger partial charge on any atom is -0.321 e. The topological polar surface area (TPSA) is 62.3 Å². The number of benzene rings is 2. The summed E-state index contributed by atoms with van der Waals surface area (Å²) in [6.07, 6.45) is 0.729. The van der Waals surface area contributed by atoms with Gasteiger partial charge in [-0.25, -0.2) is 4.98 Å². The summed E-state index contributed by atoms with van der Waals surface area (Å²) in [7, 11) is 0. The van der Waals surface area contributed by atoms with Crippen LogP contribution in [0.2, 0.25) is 5.02 Å². The lowest BCUT2D eigenvalue weighted by Crippen LogP contribution is -2.32. The summed E-state index contributed by atoms with van der Waals surface area (Å²) in [5.41, 5.74) is 4.60. The summed E-state index contributed by atoms with van der Waals surface area (Å²) in [5, 5.41) is 6.07. The number of aromatic nitrogens is 1. The van der Waals surface area contributed by atoms with E-state index in [2.05, 4.69) is 5.32 Å². The van der Waals surface area contributed by atoms with Crippen LogP contribution in [0.4, 0.5) is 11.4 Å². The number of thiophene rings is 1. The zero-order valence-electron chi connectivity index (χ0n) is 18.0. The molecule has 5 rings (SSSR count). The molecule has 0 spiro atoms. The summed E-state index contributed by atoms with van der Waals surface area (Å²) in [4.78, 5) is 34.4. The van der Waals surface area contributed by atoms with Crippen LogP contribution in [0.5, 0.6) is 0 Å². The third kappa shape index (κ3) is 4.08. The van der Waals surface area contributed by atoms with Gasteiger partial charge >= 0.3 is 0 Å². The van der Waals surface area contributed by atoms with Gasteiger partial charge in [-0.1, -0.05) is 29.8 Å². The molecule has 0 saturated heterocycles. The summed E-state index contributed by atoms with van der Waals surface area (Å²) in [6, 6.07) is 14.8. The van der Waals surface area contributed by atoms with Gasteiger partial charge in [-0.2, -0.15) is 0 Å². The van der Waals surface area contributed by atoms with Crippen molar-refractivity contribution >= 4 is 57.5 Å². The van der Waals surface area contributed by atoms with E-state index < -0.39 is 0 Å². The quantitative estimate of drug-likeness (QED) is 0.350. The van der Waals surface area contributed by atoms with Gasteiger partial charge in [0, 0.05) is 29.1 Å². The van der Waals surface area contributed by atoms with Gasteiger partial charge in [0.05, 0.1) is 31.9 Å². The van der Waals surface area contributed by atoms with Crippen LogP contribution in [-0.4, -0.2) is 23.3 Å². The van der Waals surface area contributed by atoms with Crippen molar-refractivity contribution in [2.24, 2.45) is 0 Å². The number of thiazole rings is 1. The van der Waals surface area contributed by atoms with Crippen molar-refractivity contribution in [2.75, 3.05) is 16.8 Å². The molecule has 2 amide bonds. The van der Waals surface area contributed by atoms with E-state index in [4.69, 9.17) is 16.6 Å². The molecule has 0 fully saturated rings. The summed E-state index contributed by atoms with van der Waals surface area (Å²) in [6.45, 7) is 4.44. The van der Waals surface area contributed by atoms with Crippen molar-refractivity contribution in [2.45, 2.75) is 20.3 Å². The van der Waals surface area contributed by atoms with E-state index in [1.165, 1.54) is 16.2 Å². The van der Waals surface area contributed by atoms with Crippen molar-refractivity contribution < 1.29 is 9.59 Å². The number of hydrogen-bond acceptors (Lipinski definition) is 5. The Morgan fingerprint density at radius 1 is 1.12 bits per heavy atom. The lowest BCUT2D eigenvalue weighted by atomic mass is 10.1. The molecule has 0 saturated carbocycles. The second kappa shape index (κ2) is 8.74. The highest BCUT2D eigenvalue weighted by molar-refractivity contribution is 7.12. The SMILES string of the molecule is Cc1nc2c(s1)CCN(C(=O)c1ccc(NC(=O)c3sccc3C)cc1Cl)c1ccccc1-2. The van der Waals surface area contributed by atoms with E-state index in [1.54, 1.807) is 34.4 Å². The maximum absolute atomic E-state index is 13.6. The van der Waals surface area contributed by atoms with Crippen LogP contribution in [0.1, 0.15) is 35.5 Å². The maximum atomic E-state index is 13.6. The van der Waals surface area contributed by atoms with Crippen LogP contribution in [0, 0.1) is 13.8 Å². The molecule has 1 aliphatic rings. The van der Waals surface area contributed by atoms with E-state index in [9.17, 15) is 9.59 Å². The molecule has 1 aliphatic heterocycles. The third-order valence-corrected chi connectivity index (χ3v) is 7.95. The first kappa shape index (κ1) is 21.8. The van der Waals surface area contributed by atoms with Gasteiger partial charge in [-0.3, -0.25) is 9.59 Å². The largest absolute Gasteiger partial charge is 0.321 e. The number of anilines is 2. The van der Waals surface area contributed by atoms with E-state index in [0.29, 0.717) is 27.7 Å². The average molecular weight is 494 g/mol. The monoisotopic (exact) mass is 493 g/mol. The highest BCUT2D eigenvalue weighted by Crippen LogP contribution is 2.39. The average Bonchev–Trinajstić information content (AvgIpc) is 3.35. The smallest absolute Gasteiger partial charge is 0.265 e. The number of fused-ring (bicyclic) bond motifs is 3. The minimum absolute atomic E-state index is 0.175. The van der Waals surface area contributed by atoms with Crippen LogP contribution in [0.15, 0.2) is 53.9 Å². The van der Waals surface area contributed by atoms with Crippen LogP contribution < -0.4 is 10.2 Å². The molecule has 5 nitrogen and oxygen atoms in total. The Morgan fingerprint density at radius 2 is 1.94 bits per heavy atom. The molecule has 8 heteroatoms. The molecule has 0 bridgehead atoms. The maximum Gasteiger partial charge on any atom is 0.265 e. The Kier molecular flexibility index (Phi) is 5.78. The van der Waals surface area contributed by atoms with E-state index in [0.717, 1.165) is 33.9 Å². The van der Waals surface area contributed by atoms with Crippen LogP contribution in [0.3, 0.4) is 0 Å². The van der Waals surface area contributed by atoms with Crippen LogP contribution in [0.25, 0.3) is 11.3 Å². The van der Waals surface area contributed by atoms with Gasteiger partial charge in [0.15, 0.2) is 0 Å². The number of carbonyl (C=O) groups excluding carboxylic acids is 2. The zero-order valence-corrected chi connectivity index (χ0v) is 20.4. The summed E-state index contributed by atoms with van der Waals surface area (Å²) in [5.74, 6) is -0.362. The fraction of sp³-hybridized carbons (Fsp3) is 0.160. The second-order valence-corrected chi connectivity index (χ2v) is 10.4. The molecule has 0 aliphatic carbocycles. The van der Waals surface area contributed by atoms with Gasteiger partial charge in [0.2, 0.25) is 0 Å². The highest BCUT2D eigenvalue weighted by Gasteiger charge is 2.28. The molecule has 4 aromatic rings. The molecule has 166 valence electrons. The molecule has 0 atom stereocenters. The number of aryl methyl sites for hydroxylation is 2. The van der Waals surface area contributed by atoms with E-state index in [-0.39, 0.29) is 11.8 Å². The number of halogens is 1. The van der Waals surface area contributed by atoms with Crippen molar-refractivity contribution in [3.63, 3.8) is 0 Å². The predicted molar refractivity (Wildman–Crippen MR) is 136 cm³/mol. The molecule has 2 aromatic carbocycles. The summed E-state index contributed by atoms with van der Waals surface area (Å²) < 4.78 is 0. The fourth-order valence-electron chi connectivity index (χ4n) is 4.01. The molecular weight excluding hydrogens is 474 g/mol. The molecular formula is C25H20ClN3O2S2. The molecule has 2 aromatic heterocycles. The molecule has 0 unspecified atom stereocenters. The molecule has 1 N–H and O–H groups in total.